The largest absolute Gasteiger partial charge is 0.462 e. The summed E-state index contributed by atoms with van der Waals surface area (Å²) in [6.07, 6.45) is 24.6. The Balaban J connectivity index is 5.09. The summed E-state index contributed by atoms with van der Waals surface area (Å²) in [6.45, 7) is 11.7. The van der Waals surface area contributed by atoms with E-state index in [-0.39, 0.29) is 17.9 Å². The first-order valence-corrected chi connectivity index (χ1v) is 16.5. The molecule has 224 valence electrons. The van der Waals surface area contributed by atoms with Crippen LogP contribution in [0, 0.1) is 5.92 Å². The van der Waals surface area contributed by atoms with Crippen molar-refractivity contribution in [3.8, 4) is 0 Å². The van der Waals surface area contributed by atoms with Gasteiger partial charge in [0.2, 0.25) is 0 Å². The molecule has 0 unspecified atom stereocenters. The van der Waals surface area contributed by atoms with Crippen LogP contribution in [0.5, 0.6) is 0 Å². The number of esters is 2. The fourth-order valence-electron chi connectivity index (χ4n) is 4.82. The quantitative estimate of drug-likeness (QED) is 0.0595. The molecule has 0 aromatic rings. The molecule has 0 aliphatic rings. The molecule has 0 atom stereocenters. The molecule has 0 fully saturated rings. The van der Waals surface area contributed by atoms with E-state index >= 15 is 0 Å². The second kappa shape index (κ2) is 27.3. The molecule has 0 spiro atoms. The van der Waals surface area contributed by atoms with Crippen LogP contribution in [-0.4, -0.2) is 25.2 Å². The summed E-state index contributed by atoms with van der Waals surface area (Å²) < 4.78 is 11.4. The third-order valence-corrected chi connectivity index (χ3v) is 7.21. The normalized spacial score (nSPS) is 12.1. The van der Waals surface area contributed by atoms with Crippen molar-refractivity contribution in [1.82, 2.24) is 0 Å². The van der Waals surface area contributed by atoms with Crippen molar-refractivity contribution in [2.24, 2.45) is 5.92 Å². The molecule has 0 heterocycles. The van der Waals surface area contributed by atoms with E-state index in [1.807, 2.05) is 0 Å². The molecule has 0 aromatic heterocycles. The standard InChI is InChI=1S/C34H64O4/c1-6-9-12-15-18-19-20-23-26-31(33(35)37-27-24-21-16-13-10-7-2)32(29-30(4)5)34(36)38-28-25-22-17-14-11-8-3/h30H,6-29H2,1-5H3. The maximum atomic E-state index is 13.2. The highest BCUT2D eigenvalue weighted by Gasteiger charge is 2.24. The molecular weight excluding hydrogens is 472 g/mol. The van der Waals surface area contributed by atoms with Gasteiger partial charge in [0.15, 0.2) is 0 Å². The van der Waals surface area contributed by atoms with E-state index in [1.165, 1.54) is 89.9 Å². The molecule has 4 nitrogen and oxygen atoms in total. The lowest BCUT2D eigenvalue weighted by molar-refractivity contribution is -0.142. The van der Waals surface area contributed by atoms with Gasteiger partial charge in [0.1, 0.15) is 0 Å². The molecule has 0 saturated carbocycles. The molecule has 4 heteroatoms. The second-order valence-electron chi connectivity index (χ2n) is 11.6. The topological polar surface area (TPSA) is 52.6 Å². The summed E-state index contributed by atoms with van der Waals surface area (Å²) in [6, 6.07) is 0. The molecule has 0 rings (SSSR count). The highest BCUT2D eigenvalue weighted by molar-refractivity contribution is 6.00. The Bertz CT molecular complexity index is 593. The maximum Gasteiger partial charge on any atom is 0.334 e. The summed E-state index contributed by atoms with van der Waals surface area (Å²) >= 11 is 0. The lowest BCUT2D eigenvalue weighted by atomic mass is 9.94. The highest BCUT2D eigenvalue weighted by atomic mass is 16.5. The molecular formula is C34H64O4. The Kier molecular flexibility index (Phi) is 26.3. The summed E-state index contributed by atoms with van der Waals surface area (Å²) in [5, 5.41) is 0. The minimum absolute atomic E-state index is 0.270. The van der Waals surface area contributed by atoms with Gasteiger partial charge in [0.25, 0.3) is 0 Å². The number of carbonyl (C=O) groups excluding carboxylic acids is 2. The number of carbonyl (C=O) groups is 2. The van der Waals surface area contributed by atoms with Crippen molar-refractivity contribution in [2.45, 2.75) is 176 Å². The van der Waals surface area contributed by atoms with Crippen molar-refractivity contribution in [1.29, 1.82) is 0 Å². The van der Waals surface area contributed by atoms with E-state index < -0.39 is 0 Å². The molecule has 0 radical (unpaired) electrons. The Morgan fingerprint density at radius 1 is 0.474 bits per heavy atom. The summed E-state index contributed by atoms with van der Waals surface area (Å²) in [7, 11) is 0. The molecule has 0 bridgehead atoms. The van der Waals surface area contributed by atoms with Crippen LogP contribution in [-0.2, 0) is 19.1 Å². The van der Waals surface area contributed by atoms with Crippen molar-refractivity contribution in [2.75, 3.05) is 13.2 Å². The van der Waals surface area contributed by atoms with Crippen LogP contribution >= 0.6 is 0 Å². The first-order valence-electron chi connectivity index (χ1n) is 16.5. The first kappa shape index (κ1) is 36.7. The van der Waals surface area contributed by atoms with Gasteiger partial charge in [-0.3, -0.25) is 0 Å². The Morgan fingerprint density at radius 3 is 1.21 bits per heavy atom. The van der Waals surface area contributed by atoms with Gasteiger partial charge in [-0.1, -0.05) is 144 Å². The van der Waals surface area contributed by atoms with Crippen molar-refractivity contribution >= 4 is 11.9 Å². The number of hydrogen-bond acceptors (Lipinski definition) is 4. The zero-order valence-corrected chi connectivity index (χ0v) is 26.2. The molecule has 0 N–H and O–H groups in total. The first-order chi connectivity index (χ1) is 18.5. The van der Waals surface area contributed by atoms with Gasteiger partial charge >= 0.3 is 11.9 Å². The lowest BCUT2D eigenvalue weighted by Gasteiger charge is -2.16. The number of ether oxygens (including phenoxy) is 2. The zero-order chi connectivity index (χ0) is 28.3. The number of hydrogen-bond donors (Lipinski definition) is 0. The van der Waals surface area contributed by atoms with Crippen LogP contribution in [0.2, 0.25) is 0 Å². The number of rotatable bonds is 27. The van der Waals surface area contributed by atoms with Crippen molar-refractivity contribution < 1.29 is 19.1 Å². The van der Waals surface area contributed by atoms with Crippen LogP contribution in [0.3, 0.4) is 0 Å². The van der Waals surface area contributed by atoms with E-state index in [1.54, 1.807) is 0 Å². The maximum absolute atomic E-state index is 13.2. The monoisotopic (exact) mass is 536 g/mol. The number of unbranched alkanes of at least 4 members (excludes halogenated alkanes) is 17. The Hall–Kier alpha value is -1.32. The second-order valence-corrected chi connectivity index (χ2v) is 11.6. The fourth-order valence-corrected chi connectivity index (χ4v) is 4.82. The molecule has 0 aliphatic carbocycles. The minimum Gasteiger partial charge on any atom is -0.462 e. The third kappa shape index (κ3) is 21.6. The Labute approximate surface area is 237 Å². The van der Waals surface area contributed by atoms with Crippen LogP contribution in [0.25, 0.3) is 0 Å². The summed E-state index contributed by atoms with van der Waals surface area (Å²) in [4.78, 5) is 26.4. The van der Waals surface area contributed by atoms with E-state index in [2.05, 4.69) is 34.6 Å². The summed E-state index contributed by atoms with van der Waals surface area (Å²) in [5.41, 5.74) is 1.13. The molecule has 0 aliphatic heterocycles. The van der Waals surface area contributed by atoms with Crippen LogP contribution in [0.15, 0.2) is 11.1 Å². The third-order valence-electron chi connectivity index (χ3n) is 7.21. The van der Waals surface area contributed by atoms with Gasteiger partial charge in [0.05, 0.1) is 13.2 Å². The highest BCUT2D eigenvalue weighted by Crippen LogP contribution is 2.24. The van der Waals surface area contributed by atoms with Crippen molar-refractivity contribution in [3.63, 3.8) is 0 Å². The van der Waals surface area contributed by atoms with E-state index in [0.717, 1.165) is 38.5 Å². The fraction of sp³-hybridized carbons (Fsp3) is 0.882. The Morgan fingerprint density at radius 2 is 0.816 bits per heavy atom. The predicted molar refractivity (Wildman–Crippen MR) is 162 cm³/mol. The van der Waals surface area contributed by atoms with Gasteiger partial charge in [0, 0.05) is 11.1 Å². The zero-order valence-electron chi connectivity index (χ0n) is 26.2. The van der Waals surface area contributed by atoms with E-state index in [4.69, 9.17) is 9.47 Å². The smallest absolute Gasteiger partial charge is 0.334 e. The van der Waals surface area contributed by atoms with Gasteiger partial charge < -0.3 is 9.47 Å². The van der Waals surface area contributed by atoms with Crippen LogP contribution < -0.4 is 0 Å². The molecule has 0 amide bonds. The SMILES string of the molecule is CCCCCCCCCCC(C(=O)OCCCCCCCC)=C(CC(C)C)C(=O)OCCCCCCCC. The van der Waals surface area contributed by atoms with Crippen LogP contribution in [0.1, 0.15) is 176 Å². The average molecular weight is 537 g/mol. The average Bonchev–Trinajstić information content (AvgIpc) is 2.89. The van der Waals surface area contributed by atoms with Crippen LogP contribution in [0.4, 0.5) is 0 Å². The van der Waals surface area contributed by atoms with Gasteiger partial charge in [-0.2, -0.15) is 0 Å². The molecule has 0 saturated heterocycles. The molecule has 0 aromatic carbocycles. The predicted octanol–water partition coefficient (Wildman–Crippen LogP) is 10.7. The molecule has 38 heavy (non-hydrogen) atoms. The van der Waals surface area contributed by atoms with E-state index in [0.29, 0.717) is 37.2 Å². The van der Waals surface area contributed by atoms with Crippen molar-refractivity contribution in [3.05, 3.63) is 11.1 Å². The lowest BCUT2D eigenvalue weighted by Crippen LogP contribution is -2.19. The van der Waals surface area contributed by atoms with E-state index in [9.17, 15) is 9.59 Å². The summed E-state index contributed by atoms with van der Waals surface area (Å²) in [5.74, 6) is -0.335. The minimum atomic E-state index is -0.307. The van der Waals surface area contributed by atoms with Gasteiger partial charge in [-0.15, -0.1) is 0 Å². The van der Waals surface area contributed by atoms with Gasteiger partial charge in [-0.25, -0.2) is 9.59 Å². The van der Waals surface area contributed by atoms with Gasteiger partial charge in [-0.05, 0) is 38.0 Å².